The van der Waals surface area contributed by atoms with Crippen molar-refractivity contribution in [1.29, 1.82) is 0 Å². The van der Waals surface area contributed by atoms with Gasteiger partial charge in [-0.3, -0.25) is 4.79 Å². The maximum atomic E-state index is 11.2. The molecule has 0 amide bonds. The minimum atomic E-state index is -0.283. The standard InChI is InChI=1S/C16H21N3O3S/c1-5-19-14(17-18-16(19)23-10-15(20)21-4)9-22-13-8-6-7-11(2)12(13)3/h6-8H,5,9-10H2,1-4H3. The number of hydrogen-bond donors (Lipinski definition) is 0. The van der Waals surface area contributed by atoms with Crippen LogP contribution in [0.25, 0.3) is 0 Å². The van der Waals surface area contributed by atoms with Crippen LogP contribution in [-0.4, -0.2) is 33.6 Å². The summed E-state index contributed by atoms with van der Waals surface area (Å²) in [5.74, 6) is 1.51. The van der Waals surface area contributed by atoms with Crippen LogP contribution in [0.2, 0.25) is 0 Å². The first-order valence-electron chi connectivity index (χ1n) is 7.37. The van der Waals surface area contributed by atoms with E-state index in [9.17, 15) is 4.79 Å². The highest BCUT2D eigenvalue weighted by molar-refractivity contribution is 7.99. The topological polar surface area (TPSA) is 66.2 Å². The summed E-state index contributed by atoms with van der Waals surface area (Å²) in [4.78, 5) is 11.2. The van der Waals surface area contributed by atoms with E-state index in [1.165, 1.54) is 24.4 Å². The van der Waals surface area contributed by atoms with Crippen molar-refractivity contribution >= 4 is 17.7 Å². The van der Waals surface area contributed by atoms with Gasteiger partial charge >= 0.3 is 5.97 Å². The quantitative estimate of drug-likeness (QED) is 0.572. The second kappa shape index (κ2) is 8.01. The Labute approximate surface area is 140 Å². The van der Waals surface area contributed by atoms with E-state index in [0.29, 0.717) is 18.3 Å². The highest BCUT2D eigenvalue weighted by Gasteiger charge is 2.14. The van der Waals surface area contributed by atoms with Crippen LogP contribution < -0.4 is 4.74 Å². The van der Waals surface area contributed by atoms with E-state index in [1.807, 2.05) is 30.5 Å². The fraction of sp³-hybridized carbons (Fsp3) is 0.438. The van der Waals surface area contributed by atoms with Crippen molar-refractivity contribution < 1.29 is 14.3 Å². The van der Waals surface area contributed by atoms with Gasteiger partial charge in [0.05, 0.1) is 12.9 Å². The molecule has 23 heavy (non-hydrogen) atoms. The number of aromatic nitrogens is 3. The molecule has 0 bridgehead atoms. The molecular weight excluding hydrogens is 314 g/mol. The monoisotopic (exact) mass is 335 g/mol. The Hall–Kier alpha value is -2.02. The van der Waals surface area contributed by atoms with Crippen LogP contribution in [0, 0.1) is 13.8 Å². The summed E-state index contributed by atoms with van der Waals surface area (Å²) in [6.45, 7) is 7.14. The number of thioether (sulfide) groups is 1. The van der Waals surface area contributed by atoms with Crippen molar-refractivity contribution in [1.82, 2.24) is 14.8 Å². The summed E-state index contributed by atoms with van der Waals surface area (Å²) >= 11 is 1.31. The Kier molecular flexibility index (Phi) is 6.04. The Morgan fingerprint density at radius 3 is 2.78 bits per heavy atom. The van der Waals surface area contributed by atoms with Gasteiger partial charge in [0, 0.05) is 6.54 Å². The molecule has 0 aliphatic carbocycles. The predicted octanol–water partition coefficient (Wildman–Crippen LogP) is 2.76. The van der Waals surface area contributed by atoms with Gasteiger partial charge in [0.1, 0.15) is 12.4 Å². The Bertz CT molecular complexity index is 685. The van der Waals surface area contributed by atoms with Crippen LogP contribution in [0.1, 0.15) is 23.9 Å². The van der Waals surface area contributed by atoms with Gasteiger partial charge in [0.2, 0.25) is 0 Å². The number of hydrogen-bond acceptors (Lipinski definition) is 6. The van der Waals surface area contributed by atoms with Gasteiger partial charge in [0.25, 0.3) is 0 Å². The molecule has 0 spiro atoms. The van der Waals surface area contributed by atoms with Gasteiger partial charge in [-0.15, -0.1) is 10.2 Å². The fourth-order valence-corrected chi connectivity index (χ4v) is 2.91. The van der Waals surface area contributed by atoms with Crippen molar-refractivity contribution in [3.63, 3.8) is 0 Å². The molecule has 0 aliphatic rings. The third kappa shape index (κ3) is 4.25. The van der Waals surface area contributed by atoms with E-state index in [4.69, 9.17) is 4.74 Å². The SMILES string of the molecule is CCn1c(COc2cccc(C)c2C)nnc1SCC(=O)OC. The van der Waals surface area contributed by atoms with Crippen LogP contribution in [0.5, 0.6) is 5.75 Å². The number of carbonyl (C=O) groups excluding carboxylic acids is 1. The molecule has 6 nitrogen and oxygen atoms in total. The molecule has 124 valence electrons. The molecule has 2 aromatic rings. The first-order valence-corrected chi connectivity index (χ1v) is 8.36. The minimum absolute atomic E-state index is 0.215. The fourth-order valence-electron chi connectivity index (χ4n) is 2.06. The lowest BCUT2D eigenvalue weighted by atomic mass is 10.1. The lowest BCUT2D eigenvalue weighted by Gasteiger charge is -2.11. The zero-order valence-electron chi connectivity index (χ0n) is 13.8. The van der Waals surface area contributed by atoms with Crippen molar-refractivity contribution in [2.45, 2.75) is 39.1 Å². The number of ether oxygens (including phenoxy) is 2. The molecule has 1 heterocycles. The maximum absolute atomic E-state index is 11.2. The van der Waals surface area contributed by atoms with Crippen LogP contribution in [-0.2, 0) is 22.7 Å². The lowest BCUT2D eigenvalue weighted by molar-refractivity contribution is -0.137. The number of methoxy groups -OCH3 is 1. The molecule has 0 radical (unpaired) electrons. The zero-order valence-corrected chi connectivity index (χ0v) is 14.6. The van der Waals surface area contributed by atoms with Gasteiger partial charge < -0.3 is 14.0 Å². The van der Waals surface area contributed by atoms with Gasteiger partial charge in [0.15, 0.2) is 11.0 Å². The second-order valence-corrected chi connectivity index (χ2v) is 5.94. The van der Waals surface area contributed by atoms with Crippen molar-refractivity contribution in [3.8, 4) is 5.75 Å². The van der Waals surface area contributed by atoms with E-state index in [-0.39, 0.29) is 11.7 Å². The maximum Gasteiger partial charge on any atom is 0.316 e. The van der Waals surface area contributed by atoms with Gasteiger partial charge in [-0.25, -0.2) is 0 Å². The average molecular weight is 335 g/mol. The second-order valence-electron chi connectivity index (χ2n) is 4.99. The molecule has 0 N–H and O–H groups in total. The molecule has 0 saturated heterocycles. The normalized spacial score (nSPS) is 10.6. The molecular formula is C16H21N3O3S. The summed E-state index contributed by atoms with van der Waals surface area (Å²) in [6.07, 6.45) is 0. The number of rotatable bonds is 7. The van der Waals surface area contributed by atoms with Crippen molar-refractivity contribution in [3.05, 3.63) is 35.2 Å². The number of nitrogens with zero attached hydrogens (tertiary/aromatic N) is 3. The summed E-state index contributed by atoms with van der Waals surface area (Å²) in [6, 6.07) is 5.97. The minimum Gasteiger partial charge on any atom is -0.485 e. The summed E-state index contributed by atoms with van der Waals surface area (Å²) < 4.78 is 12.5. The highest BCUT2D eigenvalue weighted by atomic mass is 32.2. The van der Waals surface area contributed by atoms with Crippen LogP contribution in [0.3, 0.4) is 0 Å². The van der Waals surface area contributed by atoms with E-state index in [1.54, 1.807) is 0 Å². The van der Waals surface area contributed by atoms with E-state index < -0.39 is 0 Å². The number of aryl methyl sites for hydroxylation is 1. The van der Waals surface area contributed by atoms with Crippen LogP contribution in [0.15, 0.2) is 23.4 Å². The summed E-state index contributed by atoms with van der Waals surface area (Å²) in [5.41, 5.74) is 2.31. The molecule has 0 atom stereocenters. The number of benzene rings is 1. The predicted molar refractivity (Wildman–Crippen MR) is 88.7 cm³/mol. The van der Waals surface area contributed by atoms with Crippen molar-refractivity contribution in [2.24, 2.45) is 0 Å². The van der Waals surface area contributed by atoms with Crippen molar-refractivity contribution in [2.75, 3.05) is 12.9 Å². The Morgan fingerprint density at radius 1 is 1.30 bits per heavy atom. The highest BCUT2D eigenvalue weighted by Crippen LogP contribution is 2.22. The Balaban J connectivity index is 2.07. The van der Waals surface area contributed by atoms with Crippen LogP contribution in [0.4, 0.5) is 0 Å². The van der Waals surface area contributed by atoms with E-state index in [2.05, 4.69) is 27.9 Å². The molecule has 0 unspecified atom stereocenters. The number of esters is 1. The van der Waals surface area contributed by atoms with Gasteiger partial charge in [-0.05, 0) is 38.0 Å². The van der Waals surface area contributed by atoms with Crippen LogP contribution >= 0.6 is 11.8 Å². The molecule has 2 rings (SSSR count). The van der Waals surface area contributed by atoms with Gasteiger partial charge in [-0.2, -0.15) is 0 Å². The molecule has 7 heteroatoms. The summed E-state index contributed by atoms with van der Waals surface area (Å²) in [7, 11) is 1.37. The first kappa shape index (κ1) is 17.3. The van der Waals surface area contributed by atoms with Gasteiger partial charge in [-0.1, -0.05) is 23.9 Å². The molecule has 1 aromatic heterocycles. The third-order valence-electron chi connectivity index (χ3n) is 3.57. The lowest BCUT2D eigenvalue weighted by Crippen LogP contribution is -2.09. The molecule has 0 saturated carbocycles. The molecule has 0 fully saturated rings. The largest absolute Gasteiger partial charge is 0.485 e. The molecule has 1 aromatic carbocycles. The first-order chi connectivity index (χ1) is 11.1. The number of carbonyl (C=O) groups is 1. The Morgan fingerprint density at radius 2 is 2.09 bits per heavy atom. The van der Waals surface area contributed by atoms with E-state index in [0.717, 1.165) is 17.1 Å². The molecule has 0 aliphatic heterocycles. The average Bonchev–Trinajstić information content (AvgIpc) is 2.95. The van der Waals surface area contributed by atoms with E-state index >= 15 is 0 Å². The zero-order chi connectivity index (χ0) is 16.8. The summed E-state index contributed by atoms with van der Waals surface area (Å²) in [5, 5.41) is 9.00. The smallest absolute Gasteiger partial charge is 0.316 e. The third-order valence-corrected chi connectivity index (χ3v) is 4.51.